The van der Waals surface area contributed by atoms with Gasteiger partial charge >= 0.3 is 0 Å². The van der Waals surface area contributed by atoms with Gasteiger partial charge < -0.3 is 10.6 Å². The largest absolute Gasteiger partial charge is 0.329 e. The van der Waals surface area contributed by atoms with Crippen LogP contribution in [0, 0.1) is 0 Å². The smallest absolute Gasteiger partial charge is 0.0226 e. The number of rotatable bonds is 7. The van der Waals surface area contributed by atoms with Crippen LogP contribution in [-0.2, 0) is 0 Å². The molecule has 0 saturated carbocycles. The van der Waals surface area contributed by atoms with Gasteiger partial charge in [0.1, 0.15) is 0 Å². The van der Waals surface area contributed by atoms with Gasteiger partial charge in [-0.05, 0) is 58.0 Å². The van der Waals surface area contributed by atoms with Crippen LogP contribution in [0.5, 0.6) is 0 Å². The monoisotopic (exact) mass is 259 g/mol. The van der Waals surface area contributed by atoms with E-state index in [4.69, 9.17) is 5.73 Å². The number of likely N-dealkylation sites (tertiary alicyclic amines) is 1. The molecule has 102 valence electrons. The zero-order valence-electron chi connectivity index (χ0n) is 11.7. The SMILES string of the molecule is CCSCCC(CN)N(C)C1CCN(C)CC1. The number of likely N-dealkylation sites (N-methyl/N-ethyl adjacent to an activating group) is 1. The summed E-state index contributed by atoms with van der Waals surface area (Å²) in [5, 5.41) is 0. The van der Waals surface area contributed by atoms with Crippen molar-refractivity contribution in [3.8, 4) is 0 Å². The Morgan fingerprint density at radius 2 is 2.06 bits per heavy atom. The molecule has 1 atom stereocenters. The zero-order valence-corrected chi connectivity index (χ0v) is 12.5. The number of hydrogen-bond acceptors (Lipinski definition) is 4. The topological polar surface area (TPSA) is 32.5 Å². The first-order chi connectivity index (χ1) is 8.19. The lowest BCUT2D eigenvalue weighted by molar-refractivity contribution is 0.108. The van der Waals surface area contributed by atoms with E-state index in [1.165, 1.54) is 43.9 Å². The molecule has 0 spiro atoms. The van der Waals surface area contributed by atoms with E-state index in [2.05, 4.69) is 30.8 Å². The highest BCUT2D eigenvalue weighted by Crippen LogP contribution is 2.18. The molecule has 1 heterocycles. The van der Waals surface area contributed by atoms with Crippen LogP contribution in [0.3, 0.4) is 0 Å². The average Bonchev–Trinajstić information content (AvgIpc) is 2.35. The highest BCUT2D eigenvalue weighted by molar-refractivity contribution is 7.99. The predicted octanol–water partition coefficient (Wildman–Crippen LogP) is 1.48. The van der Waals surface area contributed by atoms with Crippen molar-refractivity contribution < 1.29 is 0 Å². The molecule has 0 aromatic rings. The van der Waals surface area contributed by atoms with Crippen molar-refractivity contribution in [2.75, 3.05) is 45.2 Å². The number of nitrogens with two attached hydrogens (primary N) is 1. The molecular weight excluding hydrogens is 230 g/mol. The third kappa shape index (κ3) is 5.16. The second kappa shape index (κ2) is 8.35. The van der Waals surface area contributed by atoms with E-state index in [0.29, 0.717) is 6.04 Å². The van der Waals surface area contributed by atoms with Crippen LogP contribution in [-0.4, -0.2) is 67.1 Å². The molecule has 3 nitrogen and oxygen atoms in total. The minimum Gasteiger partial charge on any atom is -0.329 e. The molecule has 2 N–H and O–H groups in total. The second-order valence-corrected chi connectivity index (χ2v) is 6.47. The van der Waals surface area contributed by atoms with E-state index >= 15 is 0 Å². The third-order valence-corrected chi connectivity index (χ3v) is 4.84. The lowest BCUT2D eigenvalue weighted by Crippen LogP contribution is -2.48. The van der Waals surface area contributed by atoms with Crippen LogP contribution in [0.15, 0.2) is 0 Å². The maximum absolute atomic E-state index is 5.93. The molecule has 0 aliphatic carbocycles. The lowest BCUT2D eigenvalue weighted by Gasteiger charge is -2.39. The standard InChI is InChI=1S/C13H29N3S/c1-4-17-10-7-13(11-14)16(3)12-5-8-15(2)9-6-12/h12-13H,4-11,14H2,1-3H3. The van der Waals surface area contributed by atoms with Gasteiger partial charge in [-0.15, -0.1) is 0 Å². The summed E-state index contributed by atoms with van der Waals surface area (Å²) in [6.45, 7) is 5.49. The van der Waals surface area contributed by atoms with Gasteiger partial charge in [-0.1, -0.05) is 6.92 Å². The molecule has 1 saturated heterocycles. The molecule has 0 bridgehead atoms. The molecule has 0 amide bonds. The van der Waals surface area contributed by atoms with Crippen LogP contribution in [0.25, 0.3) is 0 Å². The van der Waals surface area contributed by atoms with Crippen LogP contribution in [0.1, 0.15) is 26.2 Å². The average molecular weight is 259 g/mol. The Morgan fingerprint density at radius 1 is 1.41 bits per heavy atom. The summed E-state index contributed by atoms with van der Waals surface area (Å²) in [6, 6.07) is 1.31. The van der Waals surface area contributed by atoms with Crippen LogP contribution in [0.4, 0.5) is 0 Å². The number of thioether (sulfide) groups is 1. The second-order valence-electron chi connectivity index (χ2n) is 5.08. The van der Waals surface area contributed by atoms with Crippen LogP contribution < -0.4 is 5.73 Å². The maximum atomic E-state index is 5.93. The summed E-state index contributed by atoms with van der Waals surface area (Å²) in [6.07, 6.45) is 3.83. The van der Waals surface area contributed by atoms with E-state index in [-0.39, 0.29) is 0 Å². The van der Waals surface area contributed by atoms with E-state index in [1.54, 1.807) is 0 Å². The van der Waals surface area contributed by atoms with Crippen molar-refractivity contribution in [3.05, 3.63) is 0 Å². The first-order valence-corrected chi connectivity index (χ1v) is 8.02. The minimum absolute atomic E-state index is 0.572. The van der Waals surface area contributed by atoms with Crippen molar-refractivity contribution in [1.29, 1.82) is 0 Å². The quantitative estimate of drug-likeness (QED) is 0.702. The molecule has 1 fully saturated rings. The Hall–Kier alpha value is 0.230. The molecule has 4 heteroatoms. The summed E-state index contributed by atoms with van der Waals surface area (Å²) in [7, 11) is 4.48. The van der Waals surface area contributed by atoms with Crippen LogP contribution in [0.2, 0.25) is 0 Å². The van der Waals surface area contributed by atoms with E-state index < -0.39 is 0 Å². The van der Waals surface area contributed by atoms with E-state index in [0.717, 1.165) is 12.6 Å². The van der Waals surface area contributed by atoms with Gasteiger partial charge in [-0.25, -0.2) is 0 Å². The normalized spacial score (nSPS) is 21.0. The predicted molar refractivity (Wildman–Crippen MR) is 78.7 cm³/mol. The van der Waals surface area contributed by atoms with E-state index in [1.807, 2.05) is 11.8 Å². The van der Waals surface area contributed by atoms with Gasteiger partial charge in [0.15, 0.2) is 0 Å². The first-order valence-electron chi connectivity index (χ1n) is 6.87. The van der Waals surface area contributed by atoms with Gasteiger partial charge in [-0.2, -0.15) is 11.8 Å². The molecule has 17 heavy (non-hydrogen) atoms. The first kappa shape index (κ1) is 15.3. The zero-order chi connectivity index (χ0) is 12.7. The van der Waals surface area contributed by atoms with Gasteiger partial charge in [-0.3, -0.25) is 4.90 Å². The fourth-order valence-electron chi connectivity index (χ4n) is 2.55. The Kier molecular flexibility index (Phi) is 7.51. The summed E-state index contributed by atoms with van der Waals surface area (Å²) < 4.78 is 0. The maximum Gasteiger partial charge on any atom is 0.0226 e. The molecule has 1 unspecified atom stereocenters. The van der Waals surface area contributed by atoms with Crippen LogP contribution >= 0.6 is 11.8 Å². The third-order valence-electron chi connectivity index (χ3n) is 3.91. The van der Waals surface area contributed by atoms with Crippen molar-refractivity contribution in [2.24, 2.45) is 5.73 Å². The van der Waals surface area contributed by atoms with Crippen molar-refractivity contribution in [2.45, 2.75) is 38.3 Å². The highest BCUT2D eigenvalue weighted by atomic mass is 32.2. The molecule has 0 aromatic carbocycles. The Morgan fingerprint density at radius 3 is 2.59 bits per heavy atom. The Bertz CT molecular complexity index is 193. The summed E-state index contributed by atoms with van der Waals surface area (Å²) in [5.74, 6) is 2.46. The van der Waals surface area contributed by atoms with E-state index in [9.17, 15) is 0 Å². The molecule has 0 radical (unpaired) electrons. The highest BCUT2D eigenvalue weighted by Gasteiger charge is 2.24. The van der Waals surface area contributed by atoms with Gasteiger partial charge in [0.25, 0.3) is 0 Å². The van der Waals surface area contributed by atoms with Gasteiger partial charge in [0.2, 0.25) is 0 Å². The minimum atomic E-state index is 0.572. The Labute approximate surface area is 111 Å². The number of piperidine rings is 1. The lowest BCUT2D eigenvalue weighted by atomic mass is 10.0. The molecule has 1 aliphatic rings. The molecule has 1 aliphatic heterocycles. The number of nitrogens with zero attached hydrogens (tertiary/aromatic N) is 2. The summed E-state index contributed by atoms with van der Waals surface area (Å²) in [5.41, 5.74) is 5.93. The molecular formula is C13H29N3S. The van der Waals surface area contributed by atoms with Gasteiger partial charge in [0, 0.05) is 18.6 Å². The van der Waals surface area contributed by atoms with Crippen molar-refractivity contribution >= 4 is 11.8 Å². The van der Waals surface area contributed by atoms with Crippen molar-refractivity contribution in [3.63, 3.8) is 0 Å². The van der Waals surface area contributed by atoms with Gasteiger partial charge in [0.05, 0.1) is 0 Å². The summed E-state index contributed by atoms with van der Waals surface area (Å²) >= 11 is 2.03. The number of hydrogen-bond donors (Lipinski definition) is 1. The Balaban J connectivity index is 2.34. The van der Waals surface area contributed by atoms with Crippen molar-refractivity contribution in [1.82, 2.24) is 9.80 Å². The molecule has 1 rings (SSSR count). The summed E-state index contributed by atoms with van der Waals surface area (Å²) in [4.78, 5) is 4.97. The molecule has 0 aromatic heterocycles. The fourth-order valence-corrected chi connectivity index (χ4v) is 3.28. The fraction of sp³-hybridized carbons (Fsp3) is 1.00.